The molecule has 2 spiro atoms. The van der Waals surface area contributed by atoms with E-state index in [9.17, 15) is 4.79 Å². The predicted octanol–water partition coefficient (Wildman–Crippen LogP) is 3.82. The number of epoxide rings is 1. The van der Waals surface area contributed by atoms with Gasteiger partial charge in [0.2, 0.25) is 0 Å². The molecule has 0 aromatic carbocycles. The maximum atomic E-state index is 12.4. The second kappa shape index (κ2) is 6.97. The first-order valence-corrected chi connectivity index (χ1v) is 13.6. The molecule has 0 aromatic heterocycles. The van der Waals surface area contributed by atoms with Gasteiger partial charge in [0, 0.05) is 37.0 Å². The number of hydrogen-bond acceptors (Lipinski definition) is 7. The summed E-state index contributed by atoms with van der Waals surface area (Å²) in [5.41, 5.74) is -0.255. The molecule has 0 bridgehead atoms. The number of rotatable bonds is 2. The van der Waals surface area contributed by atoms with Gasteiger partial charge in [-0.2, -0.15) is 0 Å². The molecule has 34 heavy (non-hydrogen) atoms. The Morgan fingerprint density at radius 2 is 1.65 bits per heavy atom. The summed E-state index contributed by atoms with van der Waals surface area (Å²) in [6.45, 7) is 11.2. The third-order valence-electron chi connectivity index (χ3n) is 11.6. The molecular formula is C27H40O7. The number of carbonyl (C=O) groups excluding carboxylic acids is 1. The van der Waals surface area contributed by atoms with E-state index < -0.39 is 11.6 Å². The van der Waals surface area contributed by atoms with Crippen LogP contribution in [0.25, 0.3) is 0 Å². The first-order valence-electron chi connectivity index (χ1n) is 13.6. The second-order valence-electron chi connectivity index (χ2n) is 12.9. The first kappa shape index (κ1) is 22.5. The van der Waals surface area contributed by atoms with E-state index in [1.807, 2.05) is 0 Å². The fourth-order valence-electron chi connectivity index (χ4n) is 10.4. The predicted molar refractivity (Wildman–Crippen MR) is 121 cm³/mol. The quantitative estimate of drug-likeness (QED) is 0.443. The summed E-state index contributed by atoms with van der Waals surface area (Å²) in [5, 5.41) is 0. The molecule has 4 aliphatic carbocycles. The summed E-state index contributed by atoms with van der Waals surface area (Å²) in [5.74, 6) is 0.446. The Bertz CT molecular complexity index is 878. The number of ether oxygens (including phenoxy) is 6. The molecule has 4 saturated carbocycles. The minimum Gasteiger partial charge on any atom is -0.462 e. The van der Waals surface area contributed by atoms with Crippen LogP contribution in [0.4, 0.5) is 0 Å². The van der Waals surface area contributed by atoms with Crippen molar-refractivity contribution in [2.24, 2.45) is 34.5 Å². The van der Waals surface area contributed by atoms with Gasteiger partial charge in [0.25, 0.3) is 0 Å². The third kappa shape index (κ3) is 2.74. The highest BCUT2D eigenvalue weighted by atomic mass is 16.7. The van der Waals surface area contributed by atoms with Crippen molar-refractivity contribution in [3.05, 3.63) is 0 Å². The van der Waals surface area contributed by atoms with Crippen molar-refractivity contribution < 1.29 is 33.2 Å². The molecule has 0 radical (unpaired) electrons. The Labute approximate surface area is 202 Å². The van der Waals surface area contributed by atoms with Gasteiger partial charge in [-0.25, -0.2) is 0 Å². The Morgan fingerprint density at radius 1 is 0.941 bits per heavy atom. The summed E-state index contributed by atoms with van der Waals surface area (Å²) in [4.78, 5) is 12.4. The summed E-state index contributed by atoms with van der Waals surface area (Å²) in [6.07, 6.45) is 7.02. The van der Waals surface area contributed by atoms with E-state index in [-0.39, 0.29) is 34.6 Å². The summed E-state index contributed by atoms with van der Waals surface area (Å²) in [6, 6.07) is 0. The molecular weight excluding hydrogens is 436 g/mol. The molecule has 9 atom stereocenters. The zero-order valence-corrected chi connectivity index (χ0v) is 21.1. The van der Waals surface area contributed by atoms with E-state index in [1.54, 1.807) is 6.92 Å². The van der Waals surface area contributed by atoms with Gasteiger partial charge in [0.1, 0.15) is 11.7 Å². The van der Waals surface area contributed by atoms with Crippen LogP contribution in [0.5, 0.6) is 0 Å². The van der Waals surface area contributed by atoms with E-state index in [1.165, 1.54) is 6.42 Å². The minimum atomic E-state index is -0.538. The molecule has 0 aromatic rings. The van der Waals surface area contributed by atoms with Gasteiger partial charge >= 0.3 is 5.97 Å². The van der Waals surface area contributed by atoms with Gasteiger partial charge < -0.3 is 28.4 Å². The van der Waals surface area contributed by atoms with Crippen molar-refractivity contribution in [3.63, 3.8) is 0 Å². The van der Waals surface area contributed by atoms with Gasteiger partial charge in [0.15, 0.2) is 11.6 Å². The molecule has 190 valence electrons. The van der Waals surface area contributed by atoms with Gasteiger partial charge in [-0.05, 0) is 56.3 Å². The van der Waals surface area contributed by atoms with Crippen molar-refractivity contribution in [3.8, 4) is 0 Å². The maximum absolute atomic E-state index is 12.4. The standard InChI is InChI=1S/C27H40O7/c1-16(28)33-19-14-23(2)18(5-6-20(23)25(4)29-9-10-30-25)17-13-21-27(34-21)15-26(31-11-12-32-26)8-7-24(27,3)22(17)19/h17-22H,5-15H2,1-4H3/t17-,18-,19-,20-,21+,22+,23-,24+,27-/m0/s1. The van der Waals surface area contributed by atoms with Gasteiger partial charge in [-0.1, -0.05) is 13.8 Å². The van der Waals surface area contributed by atoms with Crippen LogP contribution < -0.4 is 0 Å². The Hall–Kier alpha value is -0.730. The molecule has 7 heteroatoms. The molecule has 7 aliphatic rings. The number of esters is 1. The molecule has 3 heterocycles. The Morgan fingerprint density at radius 3 is 2.35 bits per heavy atom. The van der Waals surface area contributed by atoms with Crippen molar-refractivity contribution in [1.82, 2.24) is 0 Å². The lowest BCUT2D eigenvalue weighted by atomic mass is 9.43. The third-order valence-corrected chi connectivity index (χ3v) is 11.6. The average Bonchev–Trinajstić information content (AvgIpc) is 3.12. The fourth-order valence-corrected chi connectivity index (χ4v) is 10.4. The van der Waals surface area contributed by atoms with Crippen LogP contribution in [0.15, 0.2) is 0 Å². The van der Waals surface area contributed by atoms with Gasteiger partial charge in [-0.15, -0.1) is 0 Å². The van der Waals surface area contributed by atoms with E-state index in [2.05, 4.69) is 20.8 Å². The molecule has 0 unspecified atom stereocenters. The van der Waals surface area contributed by atoms with Crippen molar-refractivity contribution in [2.75, 3.05) is 26.4 Å². The van der Waals surface area contributed by atoms with Gasteiger partial charge in [-0.3, -0.25) is 4.79 Å². The molecule has 7 rings (SSSR count). The van der Waals surface area contributed by atoms with Crippen LogP contribution in [-0.4, -0.2) is 61.8 Å². The van der Waals surface area contributed by atoms with Crippen molar-refractivity contribution in [2.45, 2.75) is 102 Å². The molecule has 0 N–H and O–H groups in total. The highest BCUT2D eigenvalue weighted by Crippen LogP contribution is 2.76. The SMILES string of the molecule is CC(=O)O[C@H]1C[C@]2(C)[C@@H](C3(C)OCCO3)CC[C@H]2[C@@H]2C[C@H]3O[C@@]34CC3(CC[C@]4(C)[C@H]21)OCCO3. The molecule has 0 amide bonds. The molecule has 3 saturated heterocycles. The van der Waals surface area contributed by atoms with E-state index in [0.29, 0.717) is 50.1 Å². The normalized spacial score (nSPS) is 54.1. The number of fused-ring (bicyclic) bond motifs is 4. The van der Waals surface area contributed by atoms with Crippen molar-refractivity contribution in [1.29, 1.82) is 0 Å². The largest absolute Gasteiger partial charge is 0.462 e. The molecule has 3 aliphatic heterocycles. The lowest BCUT2D eigenvalue weighted by molar-refractivity contribution is -0.252. The maximum Gasteiger partial charge on any atom is 0.302 e. The van der Waals surface area contributed by atoms with Crippen LogP contribution in [0.3, 0.4) is 0 Å². The zero-order chi connectivity index (χ0) is 23.6. The monoisotopic (exact) mass is 476 g/mol. The topological polar surface area (TPSA) is 75.8 Å². The van der Waals surface area contributed by atoms with E-state index >= 15 is 0 Å². The average molecular weight is 477 g/mol. The fraction of sp³-hybridized carbons (Fsp3) is 0.963. The van der Waals surface area contributed by atoms with Crippen LogP contribution in [-0.2, 0) is 33.2 Å². The first-order chi connectivity index (χ1) is 16.1. The number of hydrogen-bond donors (Lipinski definition) is 0. The zero-order valence-electron chi connectivity index (χ0n) is 21.1. The minimum absolute atomic E-state index is 0.0131. The smallest absolute Gasteiger partial charge is 0.302 e. The van der Waals surface area contributed by atoms with Crippen LogP contribution in [0.1, 0.15) is 72.6 Å². The van der Waals surface area contributed by atoms with E-state index in [4.69, 9.17) is 28.4 Å². The van der Waals surface area contributed by atoms with Crippen molar-refractivity contribution >= 4 is 5.97 Å². The van der Waals surface area contributed by atoms with Crippen LogP contribution in [0, 0.1) is 34.5 Å². The summed E-state index contributed by atoms with van der Waals surface area (Å²) >= 11 is 0. The molecule has 7 nitrogen and oxygen atoms in total. The Kier molecular flexibility index (Phi) is 4.61. The highest BCUT2D eigenvalue weighted by molar-refractivity contribution is 5.66. The second-order valence-corrected chi connectivity index (χ2v) is 12.9. The lowest BCUT2D eigenvalue weighted by Crippen LogP contribution is -2.65. The van der Waals surface area contributed by atoms with Gasteiger partial charge in [0.05, 0.1) is 32.5 Å². The Balaban J connectivity index is 1.26. The lowest BCUT2D eigenvalue weighted by Gasteiger charge is -2.62. The molecule has 7 fully saturated rings. The van der Waals surface area contributed by atoms with Crippen LogP contribution >= 0.6 is 0 Å². The summed E-state index contributed by atoms with van der Waals surface area (Å²) in [7, 11) is 0. The summed E-state index contributed by atoms with van der Waals surface area (Å²) < 4.78 is 37.6. The van der Waals surface area contributed by atoms with Crippen LogP contribution in [0.2, 0.25) is 0 Å². The van der Waals surface area contributed by atoms with E-state index in [0.717, 1.165) is 38.5 Å². The number of carbonyl (C=O) groups is 1. The highest BCUT2D eigenvalue weighted by Gasteiger charge is 2.80.